The molecule has 2 aliphatic heterocycles. The van der Waals surface area contributed by atoms with E-state index in [4.69, 9.17) is 0 Å². The molecule has 0 saturated carbocycles. The number of carbonyl (C=O) groups excluding carboxylic acids is 1. The van der Waals surface area contributed by atoms with E-state index in [2.05, 4.69) is 42.1 Å². The van der Waals surface area contributed by atoms with Gasteiger partial charge in [0.25, 0.3) is 0 Å². The minimum Gasteiger partial charge on any atom is -0.354 e. The predicted octanol–water partition coefficient (Wildman–Crippen LogP) is 1.68. The molecular weight excluding hydrogens is 334 g/mol. The van der Waals surface area contributed by atoms with Gasteiger partial charge in [0.1, 0.15) is 0 Å². The molecule has 0 spiro atoms. The van der Waals surface area contributed by atoms with Crippen molar-refractivity contribution >= 4 is 39.2 Å². The fourth-order valence-electron chi connectivity index (χ4n) is 2.39. The maximum Gasteiger partial charge on any atom is 0.240 e. The van der Waals surface area contributed by atoms with Crippen molar-refractivity contribution in [3.63, 3.8) is 0 Å². The fraction of sp³-hybridized carbons (Fsp3) is 0.357. The summed E-state index contributed by atoms with van der Waals surface area (Å²) in [6, 6.07) is 5.98. The smallest absolute Gasteiger partial charge is 0.240 e. The minimum atomic E-state index is -0.0334. The number of guanidine groups is 1. The van der Waals surface area contributed by atoms with Crippen LogP contribution in [-0.4, -0.2) is 30.7 Å². The number of rotatable bonds is 2. The number of hydrogen-bond acceptors (Lipinski definition) is 5. The van der Waals surface area contributed by atoms with E-state index in [1.807, 2.05) is 25.1 Å². The maximum atomic E-state index is 11.3. The Morgan fingerprint density at radius 1 is 1.43 bits per heavy atom. The van der Waals surface area contributed by atoms with Gasteiger partial charge in [-0.15, -0.1) is 0 Å². The standard InChI is InChI=1S/C14H16BrN5O/c1-8-6-12(21)19-20-13(8)9-2-3-11(10(15)7-9)18-14-16-4-5-17-14/h2-3,7-8H,4-6H2,1H3,(H,19,21)(H2,16,17,18). The third kappa shape index (κ3) is 3.07. The Morgan fingerprint density at radius 3 is 2.95 bits per heavy atom. The van der Waals surface area contributed by atoms with Gasteiger partial charge in [0, 0.05) is 23.4 Å². The molecule has 3 N–H and O–H groups in total. The summed E-state index contributed by atoms with van der Waals surface area (Å²) in [6.45, 7) is 3.67. The van der Waals surface area contributed by atoms with Gasteiger partial charge in [0.2, 0.25) is 5.91 Å². The van der Waals surface area contributed by atoms with Crippen LogP contribution in [-0.2, 0) is 4.79 Å². The number of amides is 1. The summed E-state index contributed by atoms with van der Waals surface area (Å²) < 4.78 is 0.934. The summed E-state index contributed by atoms with van der Waals surface area (Å²) in [7, 11) is 0. The van der Waals surface area contributed by atoms with Crippen LogP contribution in [0, 0.1) is 5.92 Å². The molecule has 110 valence electrons. The Kier molecular flexibility index (Phi) is 3.92. The van der Waals surface area contributed by atoms with E-state index in [1.165, 1.54) is 0 Å². The molecule has 21 heavy (non-hydrogen) atoms. The second-order valence-electron chi connectivity index (χ2n) is 5.11. The topological polar surface area (TPSA) is 77.9 Å². The summed E-state index contributed by atoms with van der Waals surface area (Å²) >= 11 is 3.57. The van der Waals surface area contributed by atoms with Crippen LogP contribution in [0.15, 0.2) is 32.8 Å². The van der Waals surface area contributed by atoms with Gasteiger partial charge in [0.05, 0.1) is 17.9 Å². The predicted molar refractivity (Wildman–Crippen MR) is 86.5 cm³/mol. The first-order chi connectivity index (χ1) is 10.1. The van der Waals surface area contributed by atoms with Gasteiger partial charge in [-0.2, -0.15) is 5.10 Å². The van der Waals surface area contributed by atoms with Crippen LogP contribution in [0.1, 0.15) is 18.9 Å². The fourth-order valence-corrected chi connectivity index (χ4v) is 2.87. The molecule has 0 radical (unpaired) electrons. The van der Waals surface area contributed by atoms with Crippen LogP contribution in [0.2, 0.25) is 0 Å². The number of carbonyl (C=O) groups is 1. The van der Waals surface area contributed by atoms with Crippen molar-refractivity contribution in [3.8, 4) is 0 Å². The van der Waals surface area contributed by atoms with Crippen LogP contribution >= 0.6 is 15.9 Å². The molecule has 1 atom stereocenters. The molecule has 0 fully saturated rings. The van der Waals surface area contributed by atoms with Crippen LogP contribution in [0.25, 0.3) is 0 Å². The summed E-state index contributed by atoms with van der Waals surface area (Å²) in [6.07, 6.45) is 0.469. The summed E-state index contributed by atoms with van der Waals surface area (Å²) in [4.78, 5) is 15.6. The quantitative estimate of drug-likeness (QED) is 0.760. The van der Waals surface area contributed by atoms with Crippen LogP contribution < -0.4 is 16.1 Å². The SMILES string of the molecule is CC1CC(=O)NN=C1c1ccc(NC2=NCCN2)c(Br)c1. The Hall–Kier alpha value is -1.89. The molecule has 0 bridgehead atoms. The zero-order chi connectivity index (χ0) is 14.8. The molecule has 0 aromatic heterocycles. The first-order valence-electron chi connectivity index (χ1n) is 6.85. The first-order valence-corrected chi connectivity index (χ1v) is 7.64. The van der Waals surface area contributed by atoms with Crippen molar-refractivity contribution in [1.82, 2.24) is 10.7 Å². The lowest BCUT2D eigenvalue weighted by Gasteiger charge is -2.20. The lowest BCUT2D eigenvalue weighted by molar-refractivity contribution is -0.121. The molecule has 1 aromatic carbocycles. The second kappa shape index (κ2) is 5.85. The van der Waals surface area contributed by atoms with Gasteiger partial charge in [-0.3, -0.25) is 9.79 Å². The van der Waals surface area contributed by atoms with E-state index < -0.39 is 0 Å². The molecule has 1 aromatic rings. The van der Waals surface area contributed by atoms with E-state index in [-0.39, 0.29) is 11.8 Å². The van der Waals surface area contributed by atoms with E-state index in [0.29, 0.717) is 6.42 Å². The minimum absolute atomic E-state index is 0.0334. The number of nitrogens with one attached hydrogen (secondary N) is 3. The largest absolute Gasteiger partial charge is 0.354 e. The lowest BCUT2D eigenvalue weighted by atomic mass is 9.94. The molecule has 6 nitrogen and oxygen atoms in total. The first kappa shape index (κ1) is 14.1. The number of hydrogen-bond donors (Lipinski definition) is 3. The third-order valence-corrected chi connectivity index (χ3v) is 4.11. The number of benzene rings is 1. The van der Waals surface area contributed by atoms with Gasteiger partial charge in [-0.05, 0) is 33.6 Å². The van der Waals surface area contributed by atoms with Gasteiger partial charge >= 0.3 is 0 Å². The monoisotopic (exact) mass is 349 g/mol. The average Bonchev–Trinajstić information content (AvgIpc) is 2.94. The van der Waals surface area contributed by atoms with E-state index >= 15 is 0 Å². The molecule has 0 aliphatic carbocycles. The number of anilines is 1. The maximum absolute atomic E-state index is 11.3. The van der Waals surface area contributed by atoms with Crippen LogP contribution in [0.4, 0.5) is 5.69 Å². The van der Waals surface area contributed by atoms with Gasteiger partial charge in [-0.25, -0.2) is 5.43 Å². The summed E-state index contributed by atoms with van der Waals surface area (Å²) in [5, 5.41) is 10.6. The van der Waals surface area contributed by atoms with E-state index in [9.17, 15) is 4.79 Å². The number of nitrogens with zero attached hydrogens (tertiary/aromatic N) is 2. The van der Waals surface area contributed by atoms with Crippen molar-refractivity contribution < 1.29 is 4.79 Å². The molecule has 7 heteroatoms. The molecule has 1 amide bonds. The van der Waals surface area contributed by atoms with Crippen LogP contribution in [0.3, 0.4) is 0 Å². The Bertz CT molecular complexity index is 640. The van der Waals surface area contributed by atoms with Gasteiger partial charge in [0.15, 0.2) is 5.96 Å². The summed E-state index contributed by atoms with van der Waals surface area (Å²) in [5.41, 5.74) is 5.39. The highest BCUT2D eigenvalue weighted by atomic mass is 79.9. The molecule has 2 heterocycles. The van der Waals surface area contributed by atoms with Crippen molar-refractivity contribution in [2.45, 2.75) is 13.3 Å². The molecule has 1 unspecified atom stereocenters. The lowest BCUT2D eigenvalue weighted by Crippen LogP contribution is -2.32. The van der Waals surface area contributed by atoms with Crippen molar-refractivity contribution in [3.05, 3.63) is 28.2 Å². The van der Waals surface area contributed by atoms with Gasteiger partial charge in [-0.1, -0.05) is 13.0 Å². The highest BCUT2D eigenvalue weighted by molar-refractivity contribution is 9.10. The third-order valence-electron chi connectivity index (χ3n) is 3.45. The van der Waals surface area contributed by atoms with Crippen molar-refractivity contribution in [1.29, 1.82) is 0 Å². The molecular formula is C14H16BrN5O. The number of aliphatic imine (C=N–C) groups is 1. The van der Waals surface area contributed by atoms with Crippen molar-refractivity contribution in [2.75, 3.05) is 18.4 Å². The zero-order valence-electron chi connectivity index (χ0n) is 11.6. The molecule has 0 saturated heterocycles. The average molecular weight is 350 g/mol. The highest BCUT2D eigenvalue weighted by Crippen LogP contribution is 2.26. The Labute approximate surface area is 131 Å². The van der Waals surface area contributed by atoms with Crippen LogP contribution in [0.5, 0.6) is 0 Å². The Balaban J connectivity index is 1.82. The summed E-state index contributed by atoms with van der Waals surface area (Å²) in [5.74, 6) is 0.873. The second-order valence-corrected chi connectivity index (χ2v) is 5.97. The van der Waals surface area contributed by atoms with Gasteiger partial charge < -0.3 is 10.6 Å². The van der Waals surface area contributed by atoms with E-state index in [1.54, 1.807) is 0 Å². The number of halogens is 1. The zero-order valence-corrected chi connectivity index (χ0v) is 13.2. The highest BCUT2D eigenvalue weighted by Gasteiger charge is 2.22. The Morgan fingerprint density at radius 2 is 2.29 bits per heavy atom. The normalized spacial score (nSPS) is 21.2. The molecule has 3 rings (SSSR count). The van der Waals surface area contributed by atoms with Crippen molar-refractivity contribution in [2.24, 2.45) is 16.0 Å². The number of hydrazone groups is 1. The molecule has 2 aliphatic rings. The van der Waals surface area contributed by atoms with E-state index in [0.717, 1.165) is 40.5 Å².